The molecule has 0 aromatic rings. The second-order valence-electron chi connectivity index (χ2n) is 5.30. The number of carbonyl (C=O) groups excluding carboxylic acids is 2. The maximum Gasteiger partial charge on any atom is 0.310 e. The lowest BCUT2D eigenvalue weighted by atomic mass is 10.1. The molecular weight excluding hydrogens is 244 g/mol. The molecule has 1 heterocycles. The molecule has 2 unspecified atom stereocenters. The van der Waals surface area contributed by atoms with E-state index in [4.69, 9.17) is 0 Å². The molecule has 5 heteroatoms. The van der Waals surface area contributed by atoms with Gasteiger partial charge in [-0.1, -0.05) is 19.8 Å². The maximum absolute atomic E-state index is 12.1. The second kappa shape index (κ2) is 8.15. The number of hydrogen-bond acceptors (Lipinski definition) is 4. The van der Waals surface area contributed by atoms with Crippen LogP contribution in [-0.4, -0.2) is 49.6 Å². The SMILES string of the molecule is COC(=O)C(C)CNC(=O)C(C)N1CCCCCC1. The average Bonchev–Trinajstić information content (AvgIpc) is 2.71. The van der Waals surface area contributed by atoms with E-state index in [9.17, 15) is 9.59 Å². The van der Waals surface area contributed by atoms with Crippen molar-refractivity contribution in [2.75, 3.05) is 26.7 Å². The number of methoxy groups -OCH3 is 1. The minimum absolute atomic E-state index is 0.00217. The molecule has 1 aliphatic rings. The number of nitrogens with one attached hydrogen (secondary N) is 1. The van der Waals surface area contributed by atoms with Crippen LogP contribution in [0.5, 0.6) is 0 Å². The van der Waals surface area contributed by atoms with E-state index in [1.807, 2.05) is 6.92 Å². The average molecular weight is 270 g/mol. The number of ether oxygens (including phenoxy) is 1. The third-order valence-electron chi connectivity index (χ3n) is 3.75. The van der Waals surface area contributed by atoms with Gasteiger partial charge in [-0.25, -0.2) is 0 Å². The molecule has 1 N–H and O–H groups in total. The van der Waals surface area contributed by atoms with E-state index < -0.39 is 0 Å². The highest BCUT2D eigenvalue weighted by atomic mass is 16.5. The van der Waals surface area contributed by atoms with Crippen molar-refractivity contribution in [3.8, 4) is 0 Å². The van der Waals surface area contributed by atoms with Crippen LogP contribution in [0.25, 0.3) is 0 Å². The number of hydrogen-bond donors (Lipinski definition) is 1. The zero-order valence-electron chi connectivity index (χ0n) is 12.3. The van der Waals surface area contributed by atoms with E-state index in [0.717, 1.165) is 25.9 Å². The molecule has 5 nitrogen and oxygen atoms in total. The monoisotopic (exact) mass is 270 g/mol. The fraction of sp³-hybridized carbons (Fsp3) is 0.857. The van der Waals surface area contributed by atoms with E-state index in [1.165, 1.54) is 20.0 Å². The Balaban J connectivity index is 2.37. The zero-order chi connectivity index (χ0) is 14.3. The van der Waals surface area contributed by atoms with Crippen LogP contribution in [0.3, 0.4) is 0 Å². The van der Waals surface area contributed by atoms with Gasteiger partial charge in [0.05, 0.1) is 19.1 Å². The van der Waals surface area contributed by atoms with Crippen LogP contribution in [-0.2, 0) is 14.3 Å². The molecule has 1 saturated heterocycles. The van der Waals surface area contributed by atoms with Crippen molar-refractivity contribution < 1.29 is 14.3 Å². The smallest absolute Gasteiger partial charge is 0.310 e. The molecule has 0 saturated carbocycles. The summed E-state index contributed by atoms with van der Waals surface area (Å²) in [6.07, 6.45) is 4.83. The van der Waals surface area contributed by atoms with Crippen LogP contribution in [0.1, 0.15) is 39.5 Å². The molecule has 19 heavy (non-hydrogen) atoms. The molecule has 0 aliphatic carbocycles. The fourth-order valence-electron chi connectivity index (χ4n) is 2.33. The van der Waals surface area contributed by atoms with Crippen LogP contribution in [0.2, 0.25) is 0 Å². The summed E-state index contributed by atoms with van der Waals surface area (Å²) in [7, 11) is 1.36. The van der Waals surface area contributed by atoms with Gasteiger partial charge in [-0.05, 0) is 32.9 Å². The molecular formula is C14H26N2O3. The molecule has 0 spiro atoms. The molecule has 1 rings (SSSR count). The zero-order valence-corrected chi connectivity index (χ0v) is 12.3. The fourth-order valence-corrected chi connectivity index (χ4v) is 2.33. The highest BCUT2D eigenvalue weighted by molar-refractivity contribution is 5.82. The molecule has 0 radical (unpaired) electrons. The van der Waals surface area contributed by atoms with Crippen LogP contribution in [0, 0.1) is 5.92 Å². The Hall–Kier alpha value is -1.10. The third kappa shape index (κ3) is 5.19. The first-order chi connectivity index (χ1) is 9.06. The highest BCUT2D eigenvalue weighted by Gasteiger charge is 2.23. The second-order valence-corrected chi connectivity index (χ2v) is 5.30. The van der Waals surface area contributed by atoms with Crippen molar-refractivity contribution in [3.63, 3.8) is 0 Å². The number of amides is 1. The minimum Gasteiger partial charge on any atom is -0.469 e. The van der Waals surface area contributed by atoms with Gasteiger partial charge < -0.3 is 10.1 Å². The first kappa shape index (κ1) is 16.0. The molecule has 0 aromatic heterocycles. The number of likely N-dealkylation sites (tertiary alicyclic amines) is 1. The predicted octanol–water partition coefficient (Wildman–Crippen LogP) is 1.18. The van der Waals surface area contributed by atoms with Crippen LogP contribution < -0.4 is 5.32 Å². The number of nitrogens with zero attached hydrogens (tertiary/aromatic N) is 1. The van der Waals surface area contributed by atoms with E-state index in [1.54, 1.807) is 6.92 Å². The van der Waals surface area contributed by atoms with Crippen molar-refractivity contribution in [1.82, 2.24) is 10.2 Å². The maximum atomic E-state index is 12.1. The summed E-state index contributed by atoms with van der Waals surface area (Å²) in [6.45, 7) is 6.00. The van der Waals surface area contributed by atoms with Gasteiger partial charge in [0.25, 0.3) is 0 Å². The largest absolute Gasteiger partial charge is 0.469 e. The van der Waals surface area contributed by atoms with Gasteiger partial charge in [0, 0.05) is 6.54 Å². The van der Waals surface area contributed by atoms with Gasteiger partial charge in [0.2, 0.25) is 5.91 Å². The molecule has 1 amide bonds. The Morgan fingerprint density at radius 3 is 2.26 bits per heavy atom. The van der Waals surface area contributed by atoms with Crippen molar-refractivity contribution in [1.29, 1.82) is 0 Å². The summed E-state index contributed by atoms with van der Waals surface area (Å²) in [5, 5.41) is 2.83. The standard InChI is InChI=1S/C14H26N2O3/c1-11(14(18)19-3)10-15-13(17)12(2)16-8-6-4-5-7-9-16/h11-12H,4-10H2,1-3H3,(H,15,17). The summed E-state index contributed by atoms with van der Waals surface area (Å²) < 4.78 is 4.64. The Morgan fingerprint density at radius 1 is 1.16 bits per heavy atom. The summed E-state index contributed by atoms with van der Waals surface area (Å²) >= 11 is 0. The molecule has 1 fully saturated rings. The molecule has 2 atom stereocenters. The number of rotatable bonds is 5. The first-order valence-electron chi connectivity index (χ1n) is 7.16. The minimum atomic E-state index is -0.301. The van der Waals surface area contributed by atoms with Crippen LogP contribution in [0.15, 0.2) is 0 Å². The van der Waals surface area contributed by atoms with Gasteiger partial charge in [0.1, 0.15) is 0 Å². The van der Waals surface area contributed by atoms with Gasteiger partial charge in [-0.2, -0.15) is 0 Å². The van der Waals surface area contributed by atoms with Gasteiger partial charge >= 0.3 is 5.97 Å². The van der Waals surface area contributed by atoms with E-state index in [-0.39, 0.29) is 23.8 Å². The number of carbonyl (C=O) groups is 2. The van der Waals surface area contributed by atoms with Gasteiger partial charge in [-0.15, -0.1) is 0 Å². The quantitative estimate of drug-likeness (QED) is 0.762. The number of esters is 1. The van der Waals surface area contributed by atoms with E-state index >= 15 is 0 Å². The third-order valence-corrected chi connectivity index (χ3v) is 3.75. The normalized spacial score (nSPS) is 20.2. The summed E-state index contributed by atoms with van der Waals surface area (Å²) in [6, 6.07) is -0.122. The summed E-state index contributed by atoms with van der Waals surface area (Å²) in [5.74, 6) is -0.592. The Kier molecular flexibility index (Phi) is 6.84. The lowest BCUT2D eigenvalue weighted by molar-refractivity contribution is -0.144. The van der Waals surface area contributed by atoms with Gasteiger partial charge in [-0.3, -0.25) is 14.5 Å². The van der Waals surface area contributed by atoms with Crippen molar-refractivity contribution >= 4 is 11.9 Å². The van der Waals surface area contributed by atoms with Crippen molar-refractivity contribution in [3.05, 3.63) is 0 Å². The topological polar surface area (TPSA) is 58.6 Å². The molecule has 0 bridgehead atoms. The van der Waals surface area contributed by atoms with Crippen LogP contribution >= 0.6 is 0 Å². The summed E-state index contributed by atoms with van der Waals surface area (Å²) in [5.41, 5.74) is 0. The Labute approximate surface area is 115 Å². The predicted molar refractivity (Wildman–Crippen MR) is 73.7 cm³/mol. The lowest BCUT2D eigenvalue weighted by Gasteiger charge is -2.26. The van der Waals surface area contributed by atoms with Crippen LogP contribution in [0.4, 0.5) is 0 Å². The summed E-state index contributed by atoms with van der Waals surface area (Å²) in [4.78, 5) is 25.5. The molecule has 110 valence electrons. The van der Waals surface area contributed by atoms with Crippen molar-refractivity contribution in [2.24, 2.45) is 5.92 Å². The first-order valence-corrected chi connectivity index (χ1v) is 7.16. The van der Waals surface area contributed by atoms with Gasteiger partial charge in [0.15, 0.2) is 0 Å². The Morgan fingerprint density at radius 2 is 1.74 bits per heavy atom. The van der Waals surface area contributed by atoms with Crippen molar-refractivity contribution in [2.45, 2.75) is 45.6 Å². The molecule has 0 aromatic carbocycles. The highest BCUT2D eigenvalue weighted by Crippen LogP contribution is 2.12. The Bertz CT molecular complexity index is 299. The van der Waals surface area contributed by atoms with E-state index in [2.05, 4.69) is 15.0 Å². The lowest BCUT2D eigenvalue weighted by Crippen LogP contribution is -2.47. The molecule has 1 aliphatic heterocycles. The van der Waals surface area contributed by atoms with E-state index in [0.29, 0.717) is 6.54 Å².